The summed E-state index contributed by atoms with van der Waals surface area (Å²) < 4.78 is 5.68. The Balaban J connectivity index is 1.94. The third kappa shape index (κ3) is 3.46. The van der Waals surface area contributed by atoms with Crippen molar-refractivity contribution in [3.8, 4) is 0 Å². The largest absolute Gasteiger partial charge is 0.381 e. The van der Waals surface area contributed by atoms with Gasteiger partial charge in [0.1, 0.15) is 0 Å². The minimum absolute atomic E-state index is 0.363. The molecule has 0 aromatic rings. The summed E-state index contributed by atoms with van der Waals surface area (Å²) >= 11 is 0. The van der Waals surface area contributed by atoms with E-state index in [1.807, 2.05) is 0 Å². The lowest BCUT2D eigenvalue weighted by Gasteiger charge is -2.39. The van der Waals surface area contributed by atoms with E-state index in [0.29, 0.717) is 5.41 Å². The molecule has 0 radical (unpaired) electrons. The van der Waals surface area contributed by atoms with Crippen LogP contribution < -0.4 is 5.32 Å². The summed E-state index contributed by atoms with van der Waals surface area (Å²) in [7, 11) is 2.07. The van der Waals surface area contributed by atoms with E-state index in [2.05, 4.69) is 24.2 Å². The maximum absolute atomic E-state index is 5.68. The Morgan fingerprint density at radius 1 is 1.28 bits per heavy atom. The fraction of sp³-hybridized carbons (Fsp3) is 1.00. The summed E-state index contributed by atoms with van der Waals surface area (Å²) in [5, 5.41) is 3.38. The van der Waals surface area contributed by atoms with Gasteiger partial charge in [0.15, 0.2) is 0 Å². The highest BCUT2D eigenvalue weighted by Gasteiger charge is 2.37. The average molecular weight is 254 g/mol. The predicted molar refractivity (Wildman–Crippen MR) is 75.9 cm³/mol. The third-order valence-corrected chi connectivity index (χ3v) is 4.77. The molecular formula is C15H30N2O. The summed E-state index contributed by atoms with van der Waals surface area (Å²) in [5.41, 5.74) is 0.363. The van der Waals surface area contributed by atoms with Crippen LogP contribution in [0.2, 0.25) is 0 Å². The Hall–Kier alpha value is -0.120. The lowest BCUT2D eigenvalue weighted by molar-refractivity contribution is 0.0761. The molecule has 2 aliphatic rings. The Morgan fingerprint density at radius 3 is 2.61 bits per heavy atom. The van der Waals surface area contributed by atoms with Crippen LogP contribution in [0.15, 0.2) is 0 Å². The van der Waals surface area contributed by atoms with Crippen molar-refractivity contribution in [3.63, 3.8) is 0 Å². The van der Waals surface area contributed by atoms with Gasteiger partial charge in [0.05, 0.1) is 6.61 Å². The molecular weight excluding hydrogens is 224 g/mol. The minimum Gasteiger partial charge on any atom is -0.381 e. The number of ether oxygens (including phenoxy) is 1. The quantitative estimate of drug-likeness (QED) is 0.787. The van der Waals surface area contributed by atoms with Gasteiger partial charge in [0, 0.05) is 31.2 Å². The minimum atomic E-state index is 0.363. The first-order valence-corrected chi connectivity index (χ1v) is 7.76. The molecule has 3 nitrogen and oxygen atoms in total. The zero-order chi connectivity index (χ0) is 12.8. The summed E-state index contributed by atoms with van der Waals surface area (Å²) in [6.07, 6.45) is 8.33. The Labute approximate surface area is 112 Å². The van der Waals surface area contributed by atoms with Gasteiger partial charge in [-0.15, -0.1) is 0 Å². The van der Waals surface area contributed by atoms with Gasteiger partial charge in [-0.25, -0.2) is 0 Å². The molecule has 2 rings (SSSR count). The van der Waals surface area contributed by atoms with Gasteiger partial charge in [-0.05, 0) is 32.9 Å². The molecule has 106 valence electrons. The van der Waals surface area contributed by atoms with Gasteiger partial charge in [-0.3, -0.25) is 4.90 Å². The molecule has 1 atom stereocenters. The topological polar surface area (TPSA) is 24.5 Å². The van der Waals surface area contributed by atoms with E-state index in [9.17, 15) is 0 Å². The molecule has 0 bridgehead atoms. The van der Waals surface area contributed by atoms with Gasteiger partial charge in [0.2, 0.25) is 0 Å². The van der Waals surface area contributed by atoms with Crippen LogP contribution in [0.5, 0.6) is 0 Å². The molecule has 0 aromatic carbocycles. The summed E-state index contributed by atoms with van der Waals surface area (Å²) in [5.74, 6) is 0. The zero-order valence-corrected chi connectivity index (χ0v) is 12.2. The molecule has 1 aliphatic heterocycles. The van der Waals surface area contributed by atoms with Crippen LogP contribution in [0.25, 0.3) is 0 Å². The maximum atomic E-state index is 5.68. The summed E-state index contributed by atoms with van der Waals surface area (Å²) in [6.45, 7) is 7.71. The number of hydrogen-bond donors (Lipinski definition) is 1. The van der Waals surface area contributed by atoms with Crippen molar-refractivity contribution < 1.29 is 4.74 Å². The number of hydrogen-bond acceptors (Lipinski definition) is 3. The van der Waals surface area contributed by atoms with Crippen molar-refractivity contribution in [1.29, 1.82) is 0 Å². The molecule has 1 heterocycles. The van der Waals surface area contributed by atoms with Crippen molar-refractivity contribution in [1.82, 2.24) is 10.2 Å². The lowest BCUT2D eigenvalue weighted by Crippen LogP contribution is -2.48. The standard InChI is InChI=1S/C15H30N2O/c1-3-17(14-7-5-4-6-8-14)12-15(11-16-2)9-10-18-13-15/h14,16H,3-13H2,1-2H3. The normalized spacial score (nSPS) is 30.2. The van der Waals surface area contributed by atoms with E-state index in [-0.39, 0.29) is 0 Å². The number of nitrogens with zero attached hydrogens (tertiary/aromatic N) is 1. The fourth-order valence-corrected chi connectivity index (χ4v) is 3.72. The summed E-state index contributed by atoms with van der Waals surface area (Å²) in [4.78, 5) is 2.73. The highest BCUT2D eigenvalue weighted by Crippen LogP contribution is 2.32. The van der Waals surface area contributed by atoms with E-state index in [0.717, 1.165) is 25.8 Å². The number of rotatable bonds is 6. The van der Waals surface area contributed by atoms with Crippen molar-refractivity contribution in [2.24, 2.45) is 5.41 Å². The van der Waals surface area contributed by atoms with Crippen molar-refractivity contribution in [2.75, 3.05) is 39.9 Å². The van der Waals surface area contributed by atoms with E-state index >= 15 is 0 Å². The first-order valence-electron chi connectivity index (χ1n) is 7.76. The van der Waals surface area contributed by atoms with Gasteiger partial charge in [0.25, 0.3) is 0 Å². The second-order valence-electron chi connectivity index (χ2n) is 6.19. The molecule has 18 heavy (non-hydrogen) atoms. The zero-order valence-electron chi connectivity index (χ0n) is 12.2. The van der Waals surface area contributed by atoms with E-state index < -0.39 is 0 Å². The van der Waals surface area contributed by atoms with Crippen molar-refractivity contribution >= 4 is 0 Å². The lowest BCUT2D eigenvalue weighted by atomic mass is 9.84. The van der Waals surface area contributed by atoms with Crippen molar-refractivity contribution in [3.05, 3.63) is 0 Å². The first kappa shape index (κ1) is 14.3. The molecule has 0 spiro atoms. The van der Waals surface area contributed by atoms with Crippen LogP contribution in [0.3, 0.4) is 0 Å². The van der Waals surface area contributed by atoms with Crippen LogP contribution in [-0.4, -0.2) is 50.8 Å². The molecule has 3 heteroatoms. The van der Waals surface area contributed by atoms with Crippen LogP contribution in [-0.2, 0) is 4.74 Å². The van der Waals surface area contributed by atoms with Gasteiger partial charge < -0.3 is 10.1 Å². The van der Waals surface area contributed by atoms with E-state index in [4.69, 9.17) is 4.74 Å². The highest BCUT2D eigenvalue weighted by molar-refractivity contribution is 4.90. The Morgan fingerprint density at radius 2 is 2.06 bits per heavy atom. The van der Waals surface area contributed by atoms with Crippen LogP contribution in [0.1, 0.15) is 45.4 Å². The molecule has 1 saturated heterocycles. The highest BCUT2D eigenvalue weighted by atomic mass is 16.5. The first-order chi connectivity index (χ1) is 8.79. The second kappa shape index (κ2) is 6.88. The summed E-state index contributed by atoms with van der Waals surface area (Å²) in [6, 6.07) is 0.832. The van der Waals surface area contributed by atoms with E-state index in [1.165, 1.54) is 51.6 Å². The third-order valence-electron chi connectivity index (χ3n) is 4.77. The SMILES string of the molecule is CCN(CC1(CNC)CCOC1)C1CCCCC1. The molecule has 2 fully saturated rings. The molecule has 0 amide bonds. The van der Waals surface area contributed by atoms with Crippen LogP contribution >= 0.6 is 0 Å². The molecule has 1 unspecified atom stereocenters. The van der Waals surface area contributed by atoms with Gasteiger partial charge >= 0.3 is 0 Å². The molecule has 1 aliphatic carbocycles. The maximum Gasteiger partial charge on any atom is 0.0547 e. The Kier molecular flexibility index (Phi) is 5.46. The molecule has 0 aromatic heterocycles. The second-order valence-corrected chi connectivity index (χ2v) is 6.19. The fourth-order valence-electron chi connectivity index (χ4n) is 3.72. The van der Waals surface area contributed by atoms with Crippen molar-refractivity contribution in [2.45, 2.75) is 51.5 Å². The van der Waals surface area contributed by atoms with E-state index in [1.54, 1.807) is 0 Å². The van der Waals surface area contributed by atoms with Gasteiger partial charge in [-0.1, -0.05) is 26.2 Å². The van der Waals surface area contributed by atoms with Crippen LogP contribution in [0, 0.1) is 5.41 Å². The predicted octanol–water partition coefficient (Wildman–Crippen LogP) is 2.27. The Bertz CT molecular complexity index is 233. The monoisotopic (exact) mass is 254 g/mol. The average Bonchev–Trinajstić information content (AvgIpc) is 2.86. The molecule has 1 N–H and O–H groups in total. The smallest absolute Gasteiger partial charge is 0.0547 e. The number of nitrogens with one attached hydrogen (secondary N) is 1. The van der Waals surface area contributed by atoms with Crippen LogP contribution in [0.4, 0.5) is 0 Å². The van der Waals surface area contributed by atoms with Gasteiger partial charge in [-0.2, -0.15) is 0 Å². The molecule has 1 saturated carbocycles.